The van der Waals surface area contributed by atoms with E-state index >= 15 is 0 Å². The smallest absolute Gasteiger partial charge is 1.00 e. The van der Waals surface area contributed by atoms with Crippen molar-refractivity contribution in [3.8, 4) is 0 Å². The molecule has 10 heteroatoms. The molecule has 0 aliphatic rings. The fourth-order valence-electron chi connectivity index (χ4n) is 0. The second kappa shape index (κ2) is 16.6. The van der Waals surface area contributed by atoms with Crippen LogP contribution in [0.15, 0.2) is 0 Å². The molecule has 0 aliphatic heterocycles. The molecule has 0 aliphatic carbocycles. The topological polar surface area (TPSA) is 121 Å². The summed E-state index contributed by atoms with van der Waals surface area (Å²) in [6.45, 7) is 0. The number of hydrogen-bond acceptors (Lipinski definition) is 6. The van der Waals surface area contributed by atoms with Crippen LogP contribution in [0.2, 0.25) is 0 Å². The first kappa shape index (κ1) is 22.5. The van der Waals surface area contributed by atoms with Gasteiger partial charge in [-0.3, -0.25) is 0 Å². The Balaban J connectivity index is -0.0000000112. The number of hydrogen-bond donors (Lipinski definition) is 6. The van der Waals surface area contributed by atoms with Gasteiger partial charge in [0, 0.05) is 17.1 Å². The molecule has 0 spiro atoms. The first-order valence-corrected chi connectivity index (χ1v) is 1.55. The van der Waals surface area contributed by atoms with E-state index in [1.165, 1.54) is 0 Å². The molecule has 0 saturated heterocycles. The molecule has 6 nitrogen and oxygen atoms in total. The normalized spacial score (nSPS) is 5.40. The predicted molar refractivity (Wildman–Crippen MR) is 32.8 cm³/mol. The average Bonchev–Trinajstić information content (AvgIpc) is 1.25. The van der Waals surface area contributed by atoms with Crippen LogP contribution >= 0.6 is 0 Å². The molecule has 0 aromatic rings. The molecule has 0 amide bonds. The zero-order valence-electron chi connectivity index (χ0n) is 6.90. The van der Waals surface area contributed by atoms with Crippen molar-refractivity contribution in [2.45, 2.75) is 0 Å². The summed E-state index contributed by atoms with van der Waals surface area (Å²) in [5.41, 5.74) is 0. The van der Waals surface area contributed by atoms with E-state index in [-0.39, 0.29) is 43.0 Å². The van der Waals surface area contributed by atoms with Crippen molar-refractivity contribution in [3.63, 3.8) is 0 Å². The molecular formula is H8B2FeMgO6. The van der Waals surface area contributed by atoms with E-state index in [0.717, 1.165) is 0 Å². The van der Waals surface area contributed by atoms with Gasteiger partial charge < -0.3 is 33.0 Å². The Morgan fingerprint density at radius 2 is 0.700 bits per heavy atom. The van der Waals surface area contributed by atoms with Crippen molar-refractivity contribution in [3.05, 3.63) is 0 Å². The first-order chi connectivity index (χ1) is 3.46. The van der Waals surface area contributed by atoms with E-state index in [4.69, 9.17) is 30.1 Å². The zero-order chi connectivity index (χ0) is 7.15. The van der Waals surface area contributed by atoms with Gasteiger partial charge in [-0.1, -0.05) is 0 Å². The molecule has 0 rings (SSSR count). The van der Waals surface area contributed by atoms with Gasteiger partial charge in [0.25, 0.3) is 0 Å². The molecule has 0 radical (unpaired) electrons. The van der Waals surface area contributed by atoms with Crippen molar-refractivity contribution in [2.24, 2.45) is 0 Å². The van der Waals surface area contributed by atoms with Gasteiger partial charge in [-0.25, -0.2) is 0 Å². The fraction of sp³-hybridized carbons (Fsp3) is 0. The maximum atomic E-state index is 7.17. The summed E-state index contributed by atoms with van der Waals surface area (Å²) >= 11 is 0. The van der Waals surface area contributed by atoms with Crippen LogP contribution in [0.25, 0.3) is 0 Å². The molecule has 0 unspecified atom stereocenters. The van der Waals surface area contributed by atoms with Gasteiger partial charge in [-0.05, 0) is 0 Å². The minimum absolute atomic E-state index is 0. The molecule has 0 saturated carbocycles. The molecular weight excluding hydrogens is 198 g/mol. The first-order valence-electron chi connectivity index (χ1n) is 1.55. The predicted octanol–water partition coefficient (Wildman–Crippen LogP) is -4.26. The maximum absolute atomic E-state index is 7.17. The summed E-state index contributed by atoms with van der Waals surface area (Å²) in [6, 6.07) is 0. The molecule has 0 atom stereocenters. The van der Waals surface area contributed by atoms with Crippen LogP contribution in [0, 0.1) is 0 Å². The molecule has 10 heavy (non-hydrogen) atoms. The van der Waals surface area contributed by atoms with Gasteiger partial charge in [-0.15, -0.1) is 0 Å². The minimum Gasteiger partial charge on any atom is -1.00 e. The molecule has 0 aromatic heterocycles. The van der Waals surface area contributed by atoms with Crippen LogP contribution < -0.4 is 0 Å². The van der Waals surface area contributed by atoms with Crippen LogP contribution in [-0.2, 0) is 17.1 Å². The fourth-order valence-corrected chi connectivity index (χ4v) is 0. The van der Waals surface area contributed by atoms with E-state index in [0.29, 0.717) is 0 Å². The molecule has 60 valence electrons. The summed E-state index contributed by atoms with van der Waals surface area (Å²) in [5.74, 6) is 0. The van der Waals surface area contributed by atoms with E-state index in [1.54, 1.807) is 0 Å². The van der Waals surface area contributed by atoms with E-state index in [9.17, 15) is 0 Å². The van der Waals surface area contributed by atoms with Crippen LogP contribution in [0.4, 0.5) is 0 Å². The molecule has 0 aromatic carbocycles. The Labute approximate surface area is 87.8 Å². The van der Waals surface area contributed by atoms with Gasteiger partial charge in [0.05, 0.1) is 0 Å². The van der Waals surface area contributed by atoms with Gasteiger partial charge in [0.1, 0.15) is 0 Å². The molecule has 0 fully saturated rings. The third-order valence-electron chi connectivity index (χ3n) is 0. The van der Waals surface area contributed by atoms with Crippen molar-refractivity contribution in [1.29, 1.82) is 0 Å². The monoisotopic (exact) mass is 206 g/mol. The third-order valence-corrected chi connectivity index (χ3v) is 0. The average molecular weight is 206 g/mol. The Morgan fingerprint density at radius 1 is 0.700 bits per heavy atom. The van der Waals surface area contributed by atoms with Crippen molar-refractivity contribution in [2.75, 3.05) is 0 Å². The maximum Gasteiger partial charge on any atom is 2.00 e. The van der Waals surface area contributed by atoms with Crippen LogP contribution in [0.5, 0.6) is 0 Å². The largest absolute Gasteiger partial charge is 2.00 e. The van der Waals surface area contributed by atoms with Gasteiger partial charge in [0.2, 0.25) is 0 Å². The summed E-state index contributed by atoms with van der Waals surface area (Å²) in [4.78, 5) is 0. The summed E-state index contributed by atoms with van der Waals surface area (Å²) in [6.07, 6.45) is 0. The summed E-state index contributed by atoms with van der Waals surface area (Å²) in [7, 11) is -4.33. The standard InChI is InChI=1S/2BH3O3.Fe.Mg.2H/c2*2-1(3)4;;;;/h2*2-4H;;;;/q;;;+2;2*-1. The molecule has 0 bridgehead atoms. The van der Waals surface area contributed by atoms with Crippen LogP contribution in [0.1, 0.15) is 2.85 Å². The Morgan fingerprint density at radius 3 is 0.700 bits per heavy atom. The molecule has 0 heterocycles. The Kier molecular flexibility index (Phi) is 37.4. The Hall–Kier alpha value is 1.18. The second-order valence-corrected chi connectivity index (χ2v) is 0.693. The van der Waals surface area contributed by atoms with E-state index in [2.05, 4.69) is 0 Å². The summed E-state index contributed by atoms with van der Waals surface area (Å²) in [5, 5.41) is 43.0. The minimum atomic E-state index is -2.17. The van der Waals surface area contributed by atoms with Gasteiger partial charge >= 0.3 is 37.7 Å². The Bertz CT molecular complexity index is 39.0. The van der Waals surface area contributed by atoms with Gasteiger partial charge in [0.15, 0.2) is 0 Å². The summed E-state index contributed by atoms with van der Waals surface area (Å²) < 4.78 is 0. The molecule has 6 N–H and O–H groups in total. The van der Waals surface area contributed by atoms with Crippen molar-refractivity contribution >= 4 is 37.7 Å². The van der Waals surface area contributed by atoms with Crippen molar-refractivity contribution in [1.82, 2.24) is 0 Å². The van der Waals surface area contributed by atoms with Gasteiger partial charge in [-0.2, -0.15) is 0 Å². The van der Waals surface area contributed by atoms with Crippen LogP contribution in [-0.4, -0.2) is 67.8 Å². The zero-order valence-corrected chi connectivity index (χ0v) is 7.42. The SMILES string of the molecule is OB(O)O.OB(O)O.[Fe].[H-].[H-].[Mg+2]. The van der Waals surface area contributed by atoms with E-state index < -0.39 is 14.6 Å². The number of rotatable bonds is 0. The van der Waals surface area contributed by atoms with Crippen molar-refractivity contribution < 1.29 is 50.1 Å². The second-order valence-electron chi connectivity index (χ2n) is 0.693. The third kappa shape index (κ3) is 444. The quantitative estimate of drug-likeness (QED) is 0.223. The van der Waals surface area contributed by atoms with E-state index in [1.807, 2.05) is 0 Å². The van der Waals surface area contributed by atoms with Crippen LogP contribution in [0.3, 0.4) is 0 Å².